The third-order valence-corrected chi connectivity index (χ3v) is 4.14. The lowest BCUT2D eigenvalue weighted by atomic mass is 10.2. The van der Waals surface area contributed by atoms with Crippen LogP contribution in [0.1, 0.15) is 18.4 Å². The maximum Gasteiger partial charge on any atom is 0.233 e. The summed E-state index contributed by atoms with van der Waals surface area (Å²) in [7, 11) is -3.25. The first-order valence-corrected chi connectivity index (χ1v) is 6.99. The van der Waals surface area contributed by atoms with Crippen LogP contribution in [0.5, 0.6) is 0 Å². The van der Waals surface area contributed by atoms with E-state index in [4.69, 9.17) is 5.73 Å². The van der Waals surface area contributed by atoms with Crippen LogP contribution in [0.15, 0.2) is 18.2 Å². The molecule has 1 saturated carbocycles. The van der Waals surface area contributed by atoms with E-state index in [1.165, 1.54) is 0 Å². The topological polar surface area (TPSA) is 72.2 Å². The lowest BCUT2D eigenvalue weighted by molar-refractivity contribution is 0.597. The number of rotatable bonds is 4. The molecule has 4 nitrogen and oxygen atoms in total. The summed E-state index contributed by atoms with van der Waals surface area (Å²) in [6.45, 7) is 1.84. The molecule has 0 heterocycles. The van der Waals surface area contributed by atoms with Crippen LogP contribution >= 0.6 is 0 Å². The maximum atomic E-state index is 11.8. The zero-order chi connectivity index (χ0) is 11.8. The summed E-state index contributed by atoms with van der Waals surface area (Å²) >= 11 is 0. The molecule has 1 aliphatic carbocycles. The van der Waals surface area contributed by atoms with E-state index in [1.807, 2.05) is 19.1 Å². The Morgan fingerprint density at radius 2 is 2.12 bits per heavy atom. The molecule has 1 aliphatic rings. The van der Waals surface area contributed by atoms with Gasteiger partial charge in [0.15, 0.2) is 0 Å². The molecule has 0 aromatic heterocycles. The summed E-state index contributed by atoms with van der Waals surface area (Å²) in [6.07, 6.45) is 2.04. The Kier molecular flexibility index (Phi) is 2.80. The van der Waals surface area contributed by atoms with Crippen LogP contribution in [-0.4, -0.2) is 14.2 Å². The van der Waals surface area contributed by atoms with E-state index < -0.39 is 10.0 Å². The zero-order valence-corrected chi connectivity index (χ0v) is 10.0. The van der Waals surface area contributed by atoms with Gasteiger partial charge in [-0.3, -0.25) is 4.72 Å². The molecular formula is C11H16N2O2S. The number of nitrogens with two attached hydrogens (primary N) is 1. The minimum Gasteiger partial charge on any atom is -0.397 e. The summed E-state index contributed by atoms with van der Waals surface area (Å²) in [4.78, 5) is 0. The van der Waals surface area contributed by atoms with E-state index >= 15 is 0 Å². The van der Waals surface area contributed by atoms with Gasteiger partial charge < -0.3 is 5.73 Å². The fourth-order valence-electron chi connectivity index (χ4n) is 1.62. The minimum atomic E-state index is -3.25. The molecule has 0 spiro atoms. The Balaban J connectivity index is 2.19. The van der Waals surface area contributed by atoms with Crippen LogP contribution in [0.4, 0.5) is 11.4 Å². The maximum absolute atomic E-state index is 11.8. The van der Waals surface area contributed by atoms with Crippen LogP contribution in [0.3, 0.4) is 0 Å². The molecule has 0 radical (unpaired) electrons. The number of para-hydroxylation sites is 1. The minimum absolute atomic E-state index is 0.209. The first kappa shape index (κ1) is 11.3. The molecule has 0 atom stereocenters. The number of hydrogen-bond acceptors (Lipinski definition) is 3. The van der Waals surface area contributed by atoms with Gasteiger partial charge >= 0.3 is 0 Å². The average Bonchev–Trinajstić information content (AvgIpc) is 2.95. The third kappa shape index (κ3) is 2.66. The molecule has 2 rings (SSSR count). The molecule has 0 unspecified atom stereocenters. The summed E-state index contributed by atoms with van der Waals surface area (Å²) in [5, 5.41) is 0. The van der Waals surface area contributed by atoms with Gasteiger partial charge in [0.1, 0.15) is 0 Å². The lowest BCUT2D eigenvalue weighted by Crippen LogP contribution is -2.19. The number of nitrogen functional groups attached to an aromatic ring is 1. The van der Waals surface area contributed by atoms with E-state index in [2.05, 4.69) is 4.72 Å². The fourth-order valence-corrected chi connectivity index (χ4v) is 3.25. The molecule has 0 amide bonds. The van der Waals surface area contributed by atoms with Crippen LogP contribution in [-0.2, 0) is 10.0 Å². The van der Waals surface area contributed by atoms with Gasteiger partial charge in [0.2, 0.25) is 10.0 Å². The average molecular weight is 240 g/mol. The van der Waals surface area contributed by atoms with Crippen molar-refractivity contribution in [1.82, 2.24) is 0 Å². The van der Waals surface area contributed by atoms with Crippen molar-refractivity contribution in [2.75, 3.05) is 16.2 Å². The quantitative estimate of drug-likeness (QED) is 0.787. The van der Waals surface area contributed by atoms with Crippen molar-refractivity contribution in [3.63, 3.8) is 0 Å². The molecule has 1 fully saturated rings. The van der Waals surface area contributed by atoms with Crippen molar-refractivity contribution in [2.45, 2.75) is 19.8 Å². The van der Waals surface area contributed by atoms with Gasteiger partial charge in [0.25, 0.3) is 0 Å². The highest BCUT2D eigenvalue weighted by Crippen LogP contribution is 2.31. The van der Waals surface area contributed by atoms with E-state index in [1.54, 1.807) is 6.07 Å². The molecule has 1 aromatic rings. The van der Waals surface area contributed by atoms with Crippen molar-refractivity contribution >= 4 is 21.4 Å². The second-order valence-corrected chi connectivity index (χ2v) is 6.13. The van der Waals surface area contributed by atoms with Crippen LogP contribution < -0.4 is 10.5 Å². The largest absolute Gasteiger partial charge is 0.397 e. The normalized spacial score (nSPS) is 16.1. The van der Waals surface area contributed by atoms with E-state index in [9.17, 15) is 8.42 Å². The van der Waals surface area contributed by atoms with Gasteiger partial charge in [-0.25, -0.2) is 8.42 Å². The lowest BCUT2D eigenvalue weighted by Gasteiger charge is -2.12. The number of benzene rings is 1. The van der Waals surface area contributed by atoms with Crippen LogP contribution in [0, 0.1) is 12.8 Å². The Morgan fingerprint density at radius 1 is 1.44 bits per heavy atom. The summed E-state index contributed by atoms with van der Waals surface area (Å²) < 4.78 is 26.1. The monoisotopic (exact) mass is 240 g/mol. The molecule has 0 bridgehead atoms. The van der Waals surface area contributed by atoms with Gasteiger partial charge in [-0.05, 0) is 37.3 Å². The highest BCUT2D eigenvalue weighted by molar-refractivity contribution is 7.92. The van der Waals surface area contributed by atoms with Crippen molar-refractivity contribution in [1.29, 1.82) is 0 Å². The highest BCUT2D eigenvalue weighted by Gasteiger charge is 2.28. The van der Waals surface area contributed by atoms with Crippen molar-refractivity contribution in [3.05, 3.63) is 23.8 Å². The van der Waals surface area contributed by atoms with Crippen LogP contribution in [0.25, 0.3) is 0 Å². The smallest absolute Gasteiger partial charge is 0.233 e. The predicted octanol–water partition coefficient (Wildman–Crippen LogP) is 1.73. The number of aryl methyl sites for hydroxylation is 1. The first-order chi connectivity index (χ1) is 7.48. The van der Waals surface area contributed by atoms with Gasteiger partial charge in [0, 0.05) is 0 Å². The first-order valence-electron chi connectivity index (χ1n) is 5.33. The van der Waals surface area contributed by atoms with Crippen LogP contribution in [0.2, 0.25) is 0 Å². The Bertz CT molecular complexity index is 472. The number of anilines is 2. The SMILES string of the molecule is Cc1cccc(N)c1NS(=O)(=O)CC1CC1. The molecule has 0 aliphatic heterocycles. The molecule has 3 N–H and O–H groups in total. The molecule has 88 valence electrons. The Labute approximate surface area is 95.9 Å². The summed E-state index contributed by atoms with van der Waals surface area (Å²) in [5.74, 6) is 0.545. The molecular weight excluding hydrogens is 224 g/mol. The second kappa shape index (κ2) is 3.97. The Morgan fingerprint density at radius 3 is 2.69 bits per heavy atom. The summed E-state index contributed by atoms with van der Waals surface area (Å²) in [6, 6.07) is 5.34. The van der Waals surface area contributed by atoms with E-state index in [-0.39, 0.29) is 5.75 Å². The number of nitrogens with one attached hydrogen (secondary N) is 1. The Hall–Kier alpha value is -1.23. The van der Waals surface area contributed by atoms with Gasteiger partial charge in [-0.2, -0.15) is 0 Å². The van der Waals surface area contributed by atoms with Gasteiger partial charge in [0.05, 0.1) is 17.1 Å². The van der Waals surface area contributed by atoms with Crippen molar-refractivity contribution in [2.24, 2.45) is 5.92 Å². The standard InChI is InChI=1S/C11H16N2O2S/c1-8-3-2-4-10(12)11(8)13-16(14,15)7-9-5-6-9/h2-4,9,13H,5-7,12H2,1H3. The highest BCUT2D eigenvalue weighted by atomic mass is 32.2. The second-order valence-electron chi connectivity index (χ2n) is 4.37. The fraction of sp³-hybridized carbons (Fsp3) is 0.455. The molecule has 16 heavy (non-hydrogen) atoms. The van der Waals surface area contributed by atoms with Crippen molar-refractivity contribution in [3.8, 4) is 0 Å². The number of hydrogen-bond donors (Lipinski definition) is 2. The van der Waals surface area contributed by atoms with E-state index in [0.29, 0.717) is 17.3 Å². The van der Waals surface area contributed by atoms with Gasteiger partial charge in [-0.15, -0.1) is 0 Å². The molecule has 1 aromatic carbocycles. The van der Waals surface area contributed by atoms with Gasteiger partial charge in [-0.1, -0.05) is 12.1 Å². The molecule has 0 saturated heterocycles. The summed E-state index contributed by atoms with van der Waals surface area (Å²) in [5.41, 5.74) is 7.58. The predicted molar refractivity (Wildman–Crippen MR) is 65.7 cm³/mol. The zero-order valence-electron chi connectivity index (χ0n) is 9.23. The third-order valence-electron chi connectivity index (χ3n) is 2.71. The van der Waals surface area contributed by atoms with E-state index in [0.717, 1.165) is 18.4 Å². The van der Waals surface area contributed by atoms with Crippen molar-refractivity contribution < 1.29 is 8.42 Å². The molecule has 5 heteroatoms. The number of sulfonamides is 1.